The van der Waals surface area contributed by atoms with Crippen LogP contribution in [0.4, 0.5) is 4.79 Å². The monoisotopic (exact) mass is 478 g/mol. The highest BCUT2D eigenvalue weighted by molar-refractivity contribution is 5.86. The van der Waals surface area contributed by atoms with Crippen molar-refractivity contribution in [3.63, 3.8) is 0 Å². The summed E-state index contributed by atoms with van der Waals surface area (Å²) in [5.41, 5.74) is 4.58. The first-order valence-corrected chi connectivity index (χ1v) is 12.4. The molecule has 1 fully saturated rings. The number of carbonyl (C=O) groups excluding carboxylic acids is 2. The van der Waals surface area contributed by atoms with Gasteiger partial charge in [-0.05, 0) is 46.4 Å². The molecule has 0 saturated carbocycles. The maximum absolute atomic E-state index is 13.3. The van der Waals surface area contributed by atoms with Crippen LogP contribution in [0.1, 0.15) is 50.7 Å². The van der Waals surface area contributed by atoms with Crippen molar-refractivity contribution in [1.29, 1.82) is 0 Å². The molecular weight excluding hydrogens is 444 g/mol. The van der Waals surface area contributed by atoms with Gasteiger partial charge in [0.1, 0.15) is 12.6 Å². The Morgan fingerprint density at radius 3 is 2.20 bits per heavy atom. The molecular formula is C28H34N2O5. The lowest BCUT2D eigenvalue weighted by molar-refractivity contribution is -0.139. The number of fused-ring (bicyclic) bond motifs is 3. The molecule has 2 aliphatic rings. The topological polar surface area (TPSA) is 95.9 Å². The summed E-state index contributed by atoms with van der Waals surface area (Å²) >= 11 is 0. The van der Waals surface area contributed by atoms with Crippen molar-refractivity contribution in [3.8, 4) is 11.1 Å². The van der Waals surface area contributed by atoms with Crippen LogP contribution in [0.5, 0.6) is 0 Å². The number of rotatable bonds is 8. The number of aliphatic carboxylic acids is 1. The van der Waals surface area contributed by atoms with E-state index in [0.29, 0.717) is 19.5 Å². The average Bonchev–Trinajstić information content (AvgIpc) is 3.33. The summed E-state index contributed by atoms with van der Waals surface area (Å²) in [4.78, 5) is 39.0. The lowest BCUT2D eigenvalue weighted by atomic mass is 9.95. The van der Waals surface area contributed by atoms with Gasteiger partial charge < -0.3 is 20.1 Å². The van der Waals surface area contributed by atoms with Gasteiger partial charge >= 0.3 is 12.1 Å². The zero-order valence-electron chi connectivity index (χ0n) is 20.6. The van der Waals surface area contributed by atoms with Crippen LogP contribution in [0.25, 0.3) is 11.1 Å². The number of carbonyl (C=O) groups is 3. The third kappa shape index (κ3) is 5.50. The van der Waals surface area contributed by atoms with Gasteiger partial charge in [-0.1, -0.05) is 69.3 Å². The van der Waals surface area contributed by atoms with Crippen LogP contribution >= 0.6 is 0 Å². The summed E-state index contributed by atoms with van der Waals surface area (Å²) in [7, 11) is 0. The molecule has 1 aliphatic heterocycles. The Labute approximate surface area is 206 Å². The second kappa shape index (κ2) is 10.5. The molecule has 0 unspecified atom stereocenters. The van der Waals surface area contributed by atoms with E-state index in [1.54, 1.807) is 4.90 Å². The zero-order valence-corrected chi connectivity index (χ0v) is 20.6. The Bertz CT molecular complexity index is 1050. The molecule has 1 saturated heterocycles. The number of carboxylic acid groups (broad SMARTS) is 1. The van der Waals surface area contributed by atoms with Crippen LogP contribution in [0.3, 0.4) is 0 Å². The van der Waals surface area contributed by atoms with Gasteiger partial charge in [0.2, 0.25) is 5.91 Å². The van der Waals surface area contributed by atoms with Crippen molar-refractivity contribution in [3.05, 3.63) is 59.7 Å². The normalized spacial score (nSPS) is 19.8. The highest BCUT2D eigenvalue weighted by atomic mass is 16.5. The highest BCUT2D eigenvalue weighted by Crippen LogP contribution is 2.44. The minimum atomic E-state index is -0.855. The number of hydrogen-bond acceptors (Lipinski definition) is 4. The number of likely N-dealkylation sites (tertiary alicyclic amines) is 1. The molecule has 7 nitrogen and oxygen atoms in total. The number of carboxylic acids is 1. The van der Waals surface area contributed by atoms with Crippen molar-refractivity contribution < 1.29 is 24.2 Å². The molecule has 0 radical (unpaired) electrons. The highest BCUT2D eigenvalue weighted by Gasteiger charge is 2.37. The van der Waals surface area contributed by atoms with Crippen LogP contribution in [0.15, 0.2) is 48.5 Å². The molecule has 0 bridgehead atoms. The summed E-state index contributed by atoms with van der Waals surface area (Å²) in [5, 5.41) is 12.0. The summed E-state index contributed by atoms with van der Waals surface area (Å²) in [6.45, 7) is 7.05. The molecule has 2 aromatic rings. The molecule has 0 spiro atoms. The minimum Gasteiger partial charge on any atom is -0.481 e. The van der Waals surface area contributed by atoms with Gasteiger partial charge in [-0.2, -0.15) is 0 Å². The van der Waals surface area contributed by atoms with E-state index in [2.05, 4.69) is 29.6 Å². The molecule has 35 heavy (non-hydrogen) atoms. The molecule has 3 atom stereocenters. The predicted molar refractivity (Wildman–Crippen MR) is 133 cm³/mol. The molecule has 1 heterocycles. The largest absolute Gasteiger partial charge is 0.481 e. The van der Waals surface area contributed by atoms with Crippen molar-refractivity contribution in [2.24, 2.45) is 17.8 Å². The van der Waals surface area contributed by atoms with E-state index < -0.39 is 18.1 Å². The number of ether oxygens (including phenoxy) is 1. The van der Waals surface area contributed by atoms with Gasteiger partial charge in [0, 0.05) is 19.0 Å². The fourth-order valence-corrected chi connectivity index (χ4v) is 5.40. The van der Waals surface area contributed by atoms with Crippen LogP contribution in [0, 0.1) is 17.8 Å². The first kappa shape index (κ1) is 24.8. The number of nitrogens with zero attached hydrogens (tertiary/aromatic N) is 1. The number of benzene rings is 2. The van der Waals surface area contributed by atoms with E-state index in [4.69, 9.17) is 9.84 Å². The van der Waals surface area contributed by atoms with Gasteiger partial charge in [0.05, 0.1) is 6.42 Å². The molecule has 2 amide bonds. The Hall–Kier alpha value is -3.35. The maximum Gasteiger partial charge on any atom is 0.407 e. The van der Waals surface area contributed by atoms with Crippen LogP contribution in [-0.4, -0.2) is 53.7 Å². The molecule has 2 aromatic carbocycles. The van der Waals surface area contributed by atoms with E-state index in [1.807, 2.05) is 45.0 Å². The third-order valence-electron chi connectivity index (χ3n) is 7.16. The van der Waals surface area contributed by atoms with Gasteiger partial charge in [-0.15, -0.1) is 0 Å². The Morgan fingerprint density at radius 2 is 1.63 bits per heavy atom. The van der Waals surface area contributed by atoms with Gasteiger partial charge in [0.15, 0.2) is 0 Å². The van der Waals surface area contributed by atoms with Crippen LogP contribution in [0.2, 0.25) is 0 Å². The number of amides is 2. The second-order valence-electron chi connectivity index (χ2n) is 10.2. The van der Waals surface area contributed by atoms with Gasteiger partial charge in [-0.25, -0.2) is 4.79 Å². The summed E-state index contributed by atoms with van der Waals surface area (Å²) < 4.78 is 5.66. The van der Waals surface area contributed by atoms with E-state index in [1.165, 1.54) is 0 Å². The predicted octanol–water partition coefficient (Wildman–Crippen LogP) is 4.51. The van der Waals surface area contributed by atoms with Crippen molar-refractivity contribution in [2.75, 3.05) is 19.7 Å². The lowest BCUT2D eigenvalue weighted by Gasteiger charge is -2.26. The van der Waals surface area contributed by atoms with E-state index in [9.17, 15) is 14.4 Å². The minimum absolute atomic E-state index is 0.0413. The van der Waals surface area contributed by atoms with Crippen LogP contribution in [-0.2, 0) is 14.3 Å². The Balaban J connectivity index is 1.41. The zero-order chi connectivity index (χ0) is 25.1. The Kier molecular flexibility index (Phi) is 7.43. The Morgan fingerprint density at radius 1 is 1.03 bits per heavy atom. The number of hydrogen-bond donors (Lipinski definition) is 2. The molecule has 4 rings (SSSR count). The van der Waals surface area contributed by atoms with Crippen LogP contribution < -0.4 is 5.32 Å². The number of alkyl carbamates (subject to hydrolysis) is 1. The smallest absolute Gasteiger partial charge is 0.407 e. The van der Waals surface area contributed by atoms with Crippen molar-refractivity contribution in [2.45, 2.75) is 45.6 Å². The maximum atomic E-state index is 13.3. The standard InChI is InChI=1S/C28H34N2O5/c1-17(2)12-25(27(33)30-14-18(3)19(15-30)13-26(31)32)29-28(34)35-16-24-22-10-6-4-8-20(22)21-9-5-7-11-23(21)24/h4-11,17-19,24-25H,12-16H2,1-3H3,(H,29,34)(H,31,32)/t18-,19-,25-/m1/s1. The van der Waals surface area contributed by atoms with E-state index >= 15 is 0 Å². The quantitative estimate of drug-likeness (QED) is 0.582. The second-order valence-corrected chi connectivity index (χ2v) is 10.2. The lowest BCUT2D eigenvalue weighted by Crippen LogP contribution is -2.49. The van der Waals surface area contributed by atoms with Gasteiger partial charge in [0.25, 0.3) is 0 Å². The van der Waals surface area contributed by atoms with Crippen molar-refractivity contribution in [1.82, 2.24) is 10.2 Å². The fourth-order valence-electron chi connectivity index (χ4n) is 5.40. The fraction of sp³-hybridized carbons (Fsp3) is 0.464. The SMILES string of the molecule is CC(C)C[C@@H](NC(=O)OCC1c2ccccc2-c2ccccc21)C(=O)N1C[C@@H](CC(=O)O)[C@H](C)C1. The molecule has 186 valence electrons. The summed E-state index contributed by atoms with van der Waals surface area (Å²) in [6, 6.07) is 15.6. The number of nitrogens with one attached hydrogen (secondary N) is 1. The van der Waals surface area contributed by atoms with Gasteiger partial charge in [-0.3, -0.25) is 9.59 Å². The van der Waals surface area contributed by atoms with E-state index in [-0.39, 0.29) is 42.6 Å². The third-order valence-corrected chi connectivity index (χ3v) is 7.16. The molecule has 2 N–H and O–H groups in total. The summed E-state index contributed by atoms with van der Waals surface area (Å²) in [6.07, 6.45) is -0.0860. The van der Waals surface area contributed by atoms with E-state index in [0.717, 1.165) is 22.3 Å². The first-order valence-electron chi connectivity index (χ1n) is 12.4. The van der Waals surface area contributed by atoms with Crippen molar-refractivity contribution >= 4 is 18.0 Å². The molecule has 7 heteroatoms. The summed E-state index contributed by atoms with van der Waals surface area (Å²) in [5.74, 6) is -0.871. The average molecular weight is 479 g/mol. The molecule has 1 aliphatic carbocycles. The first-order chi connectivity index (χ1) is 16.7. The molecule has 0 aromatic heterocycles.